The van der Waals surface area contributed by atoms with Crippen molar-refractivity contribution in [3.63, 3.8) is 0 Å². The molecule has 25 heavy (non-hydrogen) atoms. The minimum absolute atomic E-state index is 0.0164. The first kappa shape index (κ1) is 17.1. The second kappa shape index (κ2) is 8.39. The number of hydrazone groups is 1. The first-order valence-electron chi connectivity index (χ1n) is 8.46. The number of piperidine rings is 1. The van der Waals surface area contributed by atoms with E-state index in [1.165, 1.54) is 17.8 Å². The molecule has 130 valence electrons. The molecular formula is C19H22N4O2. The van der Waals surface area contributed by atoms with Gasteiger partial charge in [0.15, 0.2) is 5.69 Å². The summed E-state index contributed by atoms with van der Waals surface area (Å²) < 4.78 is 0. The number of nitrogens with zero attached hydrogens (tertiary/aromatic N) is 3. The molecule has 1 aliphatic heterocycles. The molecule has 0 unspecified atom stereocenters. The largest absolute Gasteiger partial charge is 0.505 e. The number of aromatic nitrogens is 1. The third kappa shape index (κ3) is 4.87. The molecule has 1 fully saturated rings. The fourth-order valence-corrected chi connectivity index (χ4v) is 2.93. The van der Waals surface area contributed by atoms with E-state index in [9.17, 15) is 9.90 Å². The maximum absolute atomic E-state index is 11.9. The summed E-state index contributed by atoms with van der Waals surface area (Å²) in [6.45, 7) is 3.00. The van der Waals surface area contributed by atoms with E-state index in [2.05, 4.69) is 44.7 Å². The van der Waals surface area contributed by atoms with Crippen LogP contribution in [0.5, 0.6) is 5.75 Å². The highest BCUT2D eigenvalue weighted by Crippen LogP contribution is 2.17. The second-order valence-electron chi connectivity index (χ2n) is 6.19. The molecule has 3 rings (SSSR count). The van der Waals surface area contributed by atoms with Crippen molar-refractivity contribution in [3.8, 4) is 5.75 Å². The number of nitrogens with one attached hydrogen (secondary N) is 1. The summed E-state index contributed by atoms with van der Waals surface area (Å²) in [5, 5.41) is 13.6. The Balaban J connectivity index is 1.43. The number of aromatic hydroxyl groups is 1. The smallest absolute Gasteiger partial charge is 0.293 e. The molecule has 0 saturated carbocycles. The SMILES string of the molecule is O=C(N/N=C/C1CCN(Cc2ccccc2)CC1)c1ncccc1O. The fourth-order valence-electron chi connectivity index (χ4n) is 2.93. The van der Waals surface area contributed by atoms with Gasteiger partial charge in [-0.15, -0.1) is 0 Å². The minimum atomic E-state index is -0.504. The Bertz CT molecular complexity index is 725. The molecule has 0 atom stereocenters. The molecule has 0 aliphatic carbocycles. The molecular weight excluding hydrogens is 316 g/mol. The van der Waals surface area contributed by atoms with Gasteiger partial charge in [0.2, 0.25) is 0 Å². The highest BCUT2D eigenvalue weighted by Gasteiger charge is 2.18. The van der Waals surface area contributed by atoms with E-state index in [0.717, 1.165) is 32.5 Å². The lowest BCUT2D eigenvalue weighted by Crippen LogP contribution is -2.34. The Hall–Kier alpha value is -2.73. The Morgan fingerprint density at radius 3 is 2.72 bits per heavy atom. The normalized spacial score (nSPS) is 16.2. The third-order valence-electron chi connectivity index (χ3n) is 4.33. The first-order chi connectivity index (χ1) is 12.2. The number of pyridine rings is 1. The molecule has 0 spiro atoms. The first-order valence-corrected chi connectivity index (χ1v) is 8.46. The van der Waals surface area contributed by atoms with Crippen LogP contribution < -0.4 is 5.43 Å². The summed E-state index contributed by atoms with van der Waals surface area (Å²) >= 11 is 0. The van der Waals surface area contributed by atoms with Crippen molar-refractivity contribution in [2.24, 2.45) is 11.0 Å². The van der Waals surface area contributed by atoms with Gasteiger partial charge in [-0.3, -0.25) is 9.69 Å². The second-order valence-corrected chi connectivity index (χ2v) is 6.19. The van der Waals surface area contributed by atoms with Crippen LogP contribution in [0.3, 0.4) is 0 Å². The maximum Gasteiger partial charge on any atom is 0.293 e. The number of hydrogen-bond donors (Lipinski definition) is 2. The number of hydrogen-bond acceptors (Lipinski definition) is 5. The van der Waals surface area contributed by atoms with Crippen LogP contribution in [-0.2, 0) is 6.54 Å². The summed E-state index contributed by atoms with van der Waals surface area (Å²) in [4.78, 5) is 18.2. The number of amides is 1. The van der Waals surface area contributed by atoms with Gasteiger partial charge in [0.25, 0.3) is 5.91 Å². The van der Waals surface area contributed by atoms with Crippen molar-refractivity contribution in [3.05, 3.63) is 59.9 Å². The summed E-state index contributed by atoms with van der Waals surface area (Å²) in [6, 6.07) is 13.5. The molecule has 2 aromatic rings. The van der Waals surface area contributed by atoms with Crippen LogP contribution in [0, 0.1) is 5.92 Å². The van der Waals surface area contributed by atoms with Crippen LogP contribution in [0.15, 0.2) is 53.8 Å². The summed E-state index contributed by atoms with van der Waals surface area (Å²) in [6.07, 6.45) is 5.28. The van der Waals surface area contributed by atoms with Crippen molar-refractivity contribution in [1.29, 1.82) is 0 Å². The van der Waals surface area contributed by atoms with E-state index < -0.39 is 5.91 Å². The Labute approximate surface area is 147 Å². The summed E-state index contributed by atoms with van der Waals surface area (Å²) in [5.74, 6) is -0.301. The Kier molecular flexibility index (Phi) is 5.74. The lowest BCUT2D eigenvalue weighted by atomic mass is 9.98. The topological polar surface area (TPSA) is 77.8 Å². The Morgan fingerprint density at radius 1 is 1.24 bits per heavy atom. The number of likely N-dealkylation sites (tertiary alicyclic amines) is 1. The standard InChI is InChI=1S/C19H22N4O2/c24-17-7-4-10-20-18(17)19(25)22-21-13-15-8-11-23(12-9-15)14-16-5-2-1-3-6-16/h1-7,10,13,15,24H,8-9,11-12,14H2,(H,22,25)/b21-13+. The van der Waals surface area contributed by atoms with E-state index in [1.807, 2.05) is 6.07 Å². The number of carbonyl (C=O) groups excluding carboxylic acids is 1. The molecule has 6 nitrogen and oxygen atoms in total. The monoisotopic (exact) mass is 338 g/mol. The summed E-state index contributed by atoms with van der Waals surface area (Å²) in [5.41, 5.74) is 3.75. The van der Waals surface area contributed by atoms with E-state index in [4.69, 9.17) is 0 Å². The molecule has 1 amide bonds. The molecule has 0 bridgehead atoms. The number of carbonyl (C=O) groups is 1. The van der Waals surface area contributed by atoms with E-state index in [1.54, 1.807) is 12.3 Å². The quantitative estimate of drug-likeness (QED) is 0.648. The van der Waals surface area contributed by atoms with Gasteiger partial charge < -0.3 is 5.11 Å². The van der Waals surface area contributed by atoms with Gasteiger partial charge in [0, 0.05) is 19.0 Å². The number of benzene rings is 1. The Morgan fingerprint density at radius 2 is 2.00 bits per heavy atom. The average molecular weight is 338 g/mol. The zero-order chi connectivity index (χ0) is 17.5. The molecule has 0 radical (unpaired) electrons. The van der Waals surface area contributed by atoms with Gasteiger partial charge in [0.1, 0.15) is 5.75 Å². The minimum Gasteiger partial charge on any atom is -0.505 e. The van der Waals surface area contributed by atoms with Gasteiger partial charge in [-0.05, 0) is 49.5 Å². The van der Waals surface area contributed by atoms with Crippen LogP contribution in [0.25, 0.3) is 0 Å². The molecule has 1 aromatic carbocycles. The van der Waals surface area contributed by atoms with Crippen LogP contribution in [0.1, 0.15) is 28.9 Å². The fraction of sp³-hybridized carbons (Fsp3) is 0.316. The zero-order valence-electron chi connectivity index (χ0n) is 14.0. The van der Waals surface area contributed by atoms with Gasteiger partial charge in [0.05, 0.1) is 0 Å². The van der Waals surface area contributed by atoms with Gasteiger partial charge in [-0.25, -0.2) is 10.4 Å². The van der Waals surface area contributed by atoms with Gasteiger partial charge >= 0.3 is 0 Å². The lowest BCUT2D eigenvalue weighted by Gasteiger charge is -2.30. The lowest BCUT2D eigenvalue weighted by molar-refractivity contribution is 0.0947. The maximum atomic E-state index is 11.9. The van der Waals surface area contributed by atoms with E-state index >= 15 is 0 Å². The molecule has 1 saturated heterocycles. The molecule has 2 heterocycles. The number of rotatable bonds is 5. The van der Waals surface area contributed by atoms with E-state index in [0.29, 0.717) is 5.92 Å². The molecule has 1 aliphatic rings. The van der Waals surface area contributed by atoms with Gasteiger partial charge in [-0.2, -0.15) is 5.10 Å². The van der Waals surface area contributed by atoms with Crippen LogP contribution >= 0.6 is 0 Å². The zero-order valence-corrected chi connectivity index (χ0v) is 14.0. The highest BCUT2D eigenvalue weighted by atomic mass is 16.3. The predicted molar refractivity (Wildman–Crippen MR) is 96.3 cm³/mol. The predicted octanol–water partition coefficient (Wildman–Crippen LogP) is 2.42. The van der Waals surface area contributed by atoms with Crippen molar-refractivity contribution >= 4 is 12.1 Å². The summed E-state index contributed by atoms with van der Waals surface area (Å²) in [7, 11) is 0. The van der Waals surface area contributed by atoms with Crippen LogP contribution in [-0.4, -0.2) is 40.2 Å². The van der Waals surface area contributed by atoms with Crippen molar-refractivity contribution in [2.45, 2.75) is 19.4 Å². The highest BCUT2D eigenvalue weighted by molar-refractivity contribution is 5.94. The van der Waals surface area contributed by atoms with Crippen molar-refractivity contribution < 1.29 is 9.90 Å². The van der Waals surface area contributed by atoms with Crippen LogP contribution in [0.4, 0.5) is 0 Å². The van der Waals surface area contributed by atoms with Gasteiger partial charge in [-0.1, -0.05) is 30.3 Å². The van der Waals surface area contributed by atoms with Crippen molar-refractivity contribution in [1.82, 2.24) is 15.3 Å². The molecule has 2 N–H and O–H groups in total. The molecule has 6 heteroatoms. The van der Waals surface area contributed by atoms with Crippen molar-refractivity contribution in [2.75, 3.05) is 13.1 Å². The van der Waals surface area contributed by atoms with Crippen LogP contribution in [0.2, 0.25) is 0 Å². The third-order valence-corrected chi connectivity index (χ3v) is 4.33. The van der Waals surface area contributed by atoms with E-state index in [-0.39, 0.29) is 11.4 Å². The average Bonchev–Trinajstić information content (AvgIpc) is 2.64. The molecule has 1 aromatic heterocycles.